The van der Waals surface area contributed by atoms with Gasteiger partial charge in [0.15, 0.2) is 5.96 Å². The summed E-state index contributed by atoms with van der Waals surface area (Å²) < 4.78 is 0. The van der Waals surface area contributed by atoms with Crippen LogP contribution in [0.1, 0.15) is 59.3 Å². The summed E-state index contributed by atoms with van der Waals surface area (Å²) in [6.07, 6.45) is 8.28. The molecule has 0 unspecified atom stereocenters. The zero-order valence-electron chi connectivity index (χ0n) is 15.4. The summed E-state index contributed by atoms with van der Waals surface area (Å²) >= 11 is 0. The lowest BCUT2D eigenvalue weighted by molar-refractivity contribution is 0.300. The first-order valence-electron chi connectivity index (χ1n) is 9.48. The molecule has 1 N–H and O–H groups in total. The first-order valence-corrected chi connectivity index (χ1v) is 9.48. The van der Waals surface area contributed by atoms with Crippen LogP contribution in [0.2, 0.25) is 0 Å². The number of nitrogens with zero attached hydrogens (tertiary/aromatic N) is 3. The molecule has 1 aliphatic carbocycles. The van der Waals surface area contributed by atoms with Gasteiger partial charge in [-0.1, -0.05) is 26.7 Å². The lowest BCUT2D eigenvalue weighted by atomic mass is 9.86. The highest BCUT2D eigenvalue weighted by molar-refractivity contribution is 14.0. The van der Waals surface area contributed by atoms with Crippen LogP contribution in [-0.4, -0.2) is 61.6 Å². The Morgan fingerprint density at radius 3 is 2.43 bits per heavy atom. The van der Waals surface area contributed by atoms with E-state index in [4.69, 9.17) is 4.99 Å². The van der Waals surface area contributed by atoms with Gasteiger partial charge in [0.2, 0.25) is 0 Å². The Hall–Kier alpha value is -0.0400. The average molecular weight is 436 g/mol. The second kappa shape index (κ2) is 10.7. The van der Waals surface area contributed by atoms with Gasteiger partial charge in [0.05, 0.1) is 0 Å². The van der Waals surface area contributed by atoms with E-state index in [1.165, 1.54) is 51.7 Å². The van der Waals surface area contributed by atoms with Crippen molar-refractivity contribution in [1.29, 1.82) is 0 Å². The van der Waals surface area contributed by atoms with Gasteiger partial charge in [0.25, 0.3) is 0 Å². The Bertz CT molecular complexity index is 349. The lowest BCUT2D eigenvalue weighted by Crippen LogP contribution is -2.41. The van der Waals surface area contributed by atoms with Crippen LogP contribution in [0, 0.1) is 5.41 Å². The summed E-state index contributed by atoms with van der Waals surface area (Å²) in [5, 5.41) is 3.51. The molecule has 1 saturated heterocycles. The monoisotopic (exact) mass is 436 g/mol. The fourth-order valence-corrected chi connectivity index (χ4v) is 4.09. The van der Waals surface area contributed by atoms with Gasteiger partial charge in [-0.15, -0.1) is 24.0 Å². The van der Waals surface area contributed by atoms with Crippen LogP contribution in [0.25, 0.3) is 0 Å². The van der Waals surface area contributed by atoms with E-state index in [1.807, 2.05) is 0 Å². The van der Waals surface area contributed by atoms with Gasteiger partial charge in [0.1, 0.15) is 0 Å². The van der Waals surface area contributed by atoms with Gasteiger partial charge in [-0.2, -0.15) is 0 Å². The van der Waals surface area contributed by atoms with E-state index in [9.17, 15) is 0 Å². The molecule has 0 aromatic rings. The summed E-state index contributed by atoms with van der Waals surface area (Å²) in [4.78, 5) is 9.89. The molecule has 2 rings (SSSR count). The number of guanidine groups is 1. The highest BCUT2D eigenvalue weighted by Crippen LogP contribution is 2.45. The van der Waals surface area contributed by atoms with E-state index >= 15 is 0 Å². The third-order valence-corrected chi connectivity index (χ3v) is 5.53. The third-order valence-electron chi connectivity index (χ3n) is 5.53. The van der Waals surface area contributed by atoms with Crippen molar-refractivity contribution in [3.63, 3.8) is 0 Å². The molecule has 1 heterocycles. The zero-order chi connectivity index (χ0) is 15.8. The summed E-state index contributed by atoms with van der Waals surface area (Å²) in [6, 6.07) is 0. The maximum atomic E-state index is 4.90. The highest BCUT2D eigenvalue weighted by atomic mass is 127. The van der Waals surface area contributed by atoms with E-state index in [2.05, 4.69) is 35.9 Å². The molecule has 23 heavy (non-hydrogen) atoms. The van der Waals surface area contributed by atoms with Gasteiger partial charge < -0.3 is 15.1 Å². The molecule has 136 valence electrons. The molecule has 1 spiro atoms. The number of hydrogen-bond donors (Lipinski definition) is 1. The molecule has 0 bridgehead atoms. The van der Waals surface area contributed by atoms with Gasteiger partial charge in [0, 0.05) is 26.2 Å². The Morgan fingerprint density at radius 2 is 1.83 bits per heavy atom. The molecule has 0 atom stereocenters. The molecule has 0 radical (unpaired) electrons. The van der Waals surface area contributed by atoms with E-state index < -0.39 is 0 Å². The molecule has 2 fully saturated rings. The number of halogens is 1. The first-order chi connectivity index (χ1) is 10.7. The second-order valence-corrected chi connectivity index (χ2v) is 6.99. The minimum absolute atomic E-state index is 0. The quantitative estimate of drug-likeness (QED) is 0.287. The van der Waals surface area contributed by atoms with Gasteiger partial charge >= 0.3 is 0 Å². The molecule has 0 aromatic heterocycles. The van der Waals surface area contributed by atoms with Crippen molar-refractivity contribution >= 4 is 29.9 Å². The normalized spacial score (nSPS) is 20.3. The van der Waals surface area contributed by atoms with E-state index in [0.717, 1.165) is 38.6 Å². The standard InChI is InChI=1S/C18H36N4.HI/c1-4-19-17(20-13-9-14-21(5-2)6-3)22-15-12-18(16-22)10-7-8-11-18;/h4-16H2,1-3H3,(H,19,20);1H. The van der Waals surface area contributed by atoms with E-state index in [1.54, 1.807) is 0 Å². The smallest absolute Gasteiger partial charge is 0.193 e. The van der Waals surface area contributed by atoms with Crippen LogP contribution in [-0.2, 0) is 0 Å². The number of nitrogens with one attached hydrogen (secondary N) is 1. The van der Waals surface area contributed by atoms with Crippen molar-refractivity contribution in [3.05, 3.63) is 0 Å². The van der Waals surface area contributed by atoms with Crippen LogP contribution < -0.4 is 5.32 Å². The predicted molar refractivity (Wildman–Crippen MR) is 111 cm³/mol. The molecule has 4 nitrogen and oxygen atoms in total. The number of aliphatic imine (C=N–C) groups is 1. The number of likely N-dealkylation sites (tertiary alicyclic amines) is 1. The van der Waals surface area contributed by atoms with Crippen LogP contribution in [0.5, 0.6) is 0 Å². The minimum Gasteiger partial charge on any atom is -0.357 e. The van der Waals surface area contributed by atoms with Gasteiger partial charge in [-0.05, 0) is 57.7 Å². The first kappa shape index (κ1) is 21.0. The van der Waals surface area contributed by atoms with Crippen molar-refractivity contribution in [2.24, 2.45) is 10.4 Å². The summed E-state index contributed by atoms with van der Waals surface area (Å²) in [5.74, 6) is 1.16. The topological polar surface area (TPSA) is 30.9 Å². The second-order valence-electron chi connectivity index (χ2n) is 6.99. The Balaban J connectivity index is 0.00000264. The van der Waals surface area contributed by atoms with Crippen LogP contribution >= 0.6 is 24.0 Å². The summed E-state index contributed by atoms with van der Waals surface area (Å²) in [7, 11) is 0. The Morgan fingerprint density at radius 1 is 1.13 bits per heavy atom. The lowest BCUT2D eigenvalue weighted by Gasteiger charge is -2.26. The predicted octanol–water partition coefficient (Wildman–Crippen LogP) is 3.57. The van der Waals surface area contributed by atoms with Crippen LogP contribution in [0.3, 0.4) is 0 Å². The Kier molecular flexibility index (Phi) is 9.82. The van der Waals surface area contributed by atoms with Crippen molar-refractivity contribution in [2.45, 2.75) is 59.3 Å². The van der Waals surface area contributed by atoms with Crippen molar-refractivity contribution in [3.8, 4) is 0 Å². The molecule has 5 heteroatoms. The fourth-order valence-electron chi connectivity index (χ4n) is 4.09. The molecular weight excluding hydrogens is 399 g/mol. The number of hydrogen-bond acceptors (Lipinski definition) is 2. The molecule has 1 saturated carbocycles. The largest absolute Gasteiger partial charge is 0.357 e. The average Bonchev–Trinajstić information content (AvgIpc) is 3.17. The van der Waals surface area contributed by atoms with Crippen LogP contribution in [0.4, 0.5) is 0 Å². The zero-order valence-corrected chi connectivity index (χ0v) is 17.8. The fraction of sp³-hybridized carbons (Fsp3) is 0.944. The van der Waals surface area contributed by atoms with Gasteiger partial charge in [-0.25, -0.2) is 0 Å². The molecule has 0 amide bonds. The van der Waals surface area contributed by atoms with E-state index in [0.29, 0.717) is 5.41 Å². The SMILES string of the molecule is CCNC(=NCCCN(CC)CC)N1CCC2(CCCC2)C1.I. The minimum atomic E-state index is 0. The molecule has 1 aliphatic heterocycles. The third kappa shape index (κ3) is 6.07. The van der Waals surface area contributed by atoms with E-state index in [-0.39, 0.29) is 24.0 Å². The maximum Gasteiger partial charge on any atom is 0.193 e. The van der Waals surface area contributed by atoms with Crippen LogP contribution in [0.15, 0.2) is 4.99 Å². The summed E-state index contributed by atoms with van der Waals surface area (Å²) in [5.41, 5.74) is 0.622. The summed E-state index contributed by atoms with van der Waals surface area (Å²) in [6.45, 7) is 14.5. The maximum absolute atomic E-state index is 4.90. The van der Waals surface area contributed by atoms with Crippen molar-refractivity contribution < 1.29 is 0 Å². The van der Waals surface area contributed by atoms with Crippen molar-refractivity contribution in [2.75, 3.05) is 45.8 Å². The molecular formula is C18H37IN4. The Labute approximate surface area is 160 Å². The molecule has 2 aliphatic rings. The molecule has 0 aromatic carbocycles. The number of rotatable bonds is 7. The van der Waals surface area contributed by atoms with Gasteiger partial charge in [-0.3, -0.25) is 4.99 Å². The highest BCUT2D eigenvalue weighted by Gasteiger charge is 2.40. The van der Waals surface area contributed by atoms with Crippen molar-refractivity contribution in [1.82, 2.24) is 15.1 Å².